The van der Waals surface area contributed by atoms with Crippen LogP contribution in [-0.4, -0.2) is 31.4 Å². The normalized spacial score (nSPS) is 13.3. The number of carbonyl (C=O) groups excluding carboxylic acids is 1. The predicted molar refractivity (Wildman–Crippen MR) is 140 cm³/mol. The van der Waals surface area contributed by atoms with Crippen LogP contribution < -0.4 is 9.47 Å². The Kier molecular flexibility index (Phi) is 7.64. The molecule has 184 valence electrons. The van der Waals surface area contributed by atoms with Crippen molar-refractivity contribution in [3.63, 3.8) is 0 Å². The van der Waals surface area contributed by atoms with Crippen LogP contribution in [0.25, 0.3) is 16.8 Å². The Morgan fingerprint density at radius 1 is 0.971 bits per heavy atom. The molecule has 1 aliphatic heterocycles. The van der Waals surface area contributed by atoms with Gasteiger partial charge in [0.15, 0.2) is 11.5 Å². The van der Waals surface area contributed by atoms with E-state index in [-0.39, 0.29) is 0 Å². The number of allylic oxidation sites excluding steroid dienone is 1. The molecule has 1 aliphatic carbocycles. The largest absolute Gasteiger partial charge is 0.493 e. The number of methoxy groups -OCH3 is 1. The number of rotatable bonds is 6. The highest BCUT2D eigenvalue weighted by Crippen LogP contribution is 2.45. The second-order valence-electron chi connectivity index (χ2n) is 8.79. The van der Waals surface area contributed by atoms with Gasteiger partial charge in [-0.25, -0.2) is 0 Å². The summed E-state index contributed by atoms with van der Waals surface area (Å²) in [7, 11) is 1.72. The van der Waals surface area contributed by atoms with Crippen molar-refractivity contribution in [2.45, 2.75) is 53.5 Å². The molecule has 5 rings (SSSR count). The highest BCUT2D eigenvalue weighted by atomic mass is 16.5. The second-order valence-corrected chi connectivity index (χ2v) is 8.79. The summed E-state index contributed by atoms with van der Waals surface area (Å²) in [5.74, 6) is 1.66. The molecule has 0 saturated carbocycles. The van der Waals surface area contributed by atoms with Gasteiger partial charge in [-0.3, -0.25) is 4.79 Å². The summed E-state index contributed by atoms with van der Waals surface area (Å²) in [6, 6.07) is 13.2. The smallest absolute Gasteiger partial charge is 0.293 e. The van der Waals surface area contributed by atoms with Crippen molar-refractivity contribution < 1.29 is 19.0 Å². The number of carbonyl (C=O) groups is 1. The number of hydrogen-bond donors (Lipinski definition) is 0. The fraction of sp³-hybridized carbons (Fsp3) is 0.367. The van der Waals surface area contributed by atoms with Crippen LogP contribution in [0.15, 0.2) is 42.5 Å². The molecule has 35 heavy (non-hydrogen) atoms. The molecule has 0 atom stereocenters. The Morgan fingerprint density at radius 3 is 2.46 bits per heavy atom. The first kappa shape index (κ1) is 24.6. The molecule has 5 heteroatoms. The first-order valence-corrected chi connectivity index (χ1v) is 12.4. The van der Waals surface area contributed by atoms with Crippen molar-refractivity contribution in [2.24, 2.45) is 0 Å². The van der Waals surface area contributed by atoms with Crippen molar-refractivity contribution in [3.05, 3.63) is 76.0 Å². The van der Waals surface area contributed by atoms with E-state index >= 15 is 0 Å². The van der Waals surface area contributed by atoms with E-state index < -0.39 is 0 Å². The van der Waals surface area contributed by atoms with E-state index in [2.05, 4.69) is 65.6 Å². The maximum absolute atomic E-state index is 9.18. The zero-order valence-electron chi connectivity index (χ0n) is 21.4. The molecule has 1 aromatic heterocycles. The lowest BCUT2D eigenvalue weighted by Crippen LogP contribution is -2.13. The van der Waals surface area contributed by atoms with Crippen molar-refractivity contribution in [2.75, 3.05) is 20.3 Å². The second kappa shape index (κ2) is 10.9. The Morgan fingerprint density at radius 2 is 1.77 bits per heavy atom. The number of nitrogens with zero attached hydrogens (tertiary/aromatic N) is 1. The Labute approximate surface area is 208 Å². The molecule has 0 N–H and O–H groups in total. The highest BCUT2D eigenvalue weighted by Gasteiger charge is 2.28. The molecule has 0 unspecified atom stereocenters. The average Bonchev–Trinajstić information content (AvgIpc) is 3.14. The predicted octanol–water partition coefficient (Wildman–Crippen LogP) is 6.29. The van der Waals surface area contributed by atoms with Crippen molar-refractivity contribution in [1.82, 2.24) is 4.57 Å². The molecule has 0 spiro atoms. The Balaban J connectivity index is 0.000000527. The fourth-order valence-corrected chi connectivity index (χ4v) is 5.40. The standard InChI is InChI=1S/C27H29NO2.C3H6O2/c1-5-30-25-15-20-13-14-28-18(3)26(17(2)27(28)23(20)16-24(25)29-4)22-12-8-10-19-9-6-7-11-21(19)22;1-2-5-3-4/h6-7,9,11-12,15-16H,5,8,10,13-14H2,1-4H3;3H,2H2,1H3. The number of hydrogen-bond acceptors (Lipinski definition) is 4. The molecule has 0 amide bonds. The zero-order valence-corrected chi connectivity index (χ0v) is 21.4. The topological polar surface area (TPSA) is 49.7 Å². The van der Waals surface area contributed by atoms with E-state index in [0.717, 1.165) is 37.3 Å². The van der Waals surface area contributed by atoms with E-state index in [1.165, 1.54) is 50.3 Å². The van der Waals surface area contributed by atoms with Gasteiger partial charge in [0.25, 0.3) is 6.47 Å². The fourth-order valence-electron chi connectivity index (χ4n) is 5.40. The van der Waals surface area contributed by atoms with Gasteiger partial charge in [0, 0.05) is 23.4 Å². The number of benzene rings is 2. The third kappa shape index (κ3) is 4.60. The molecule has 0 fully saturated rings. The molecular weight excluding hydrogens is 438 g/mol. The lowest BCUT2D eigenvalue weighted by molar-refractivity contribution is -0.128. The van der Waals surface area contributed by atoms with Crippen LogP contribution in [0, 0.1) is 13.8 Å². The SMILES string of the molecule is CCOC=O.CCOc1cc2c(cc1OC)-c1c(C)c(C3=CCCc4ccccc43)c(C)n1CC2. The average molecular weight is 474 g/mol. The van der Waals surface area contributed by atoms with E-state index in [0.29, 0.717) is 19.7 Å². The lowest BCUT2D eigenvalue weighted by Gasteiger charge is -2.23. The Bertz CT molecular complexity index is 1250. The summed E-state index contributed by atoms with van der Waals surface area (Å²) >= 11 is 0. The van der Waals surface area contributed by atoms with Gasteiger partial charge < -0.3 is 18.8 Å². The number of aromatic nitrogens is 1. The van der Waals surface area contributed by atoms with Crippen LogP contribution in [0.1, 0.15) is 53.8 Å². The first-order chi connectivity index (χ1) is 17.0. The number of aryl methyl sites for hydroxylation is 2. The van der Waals surface area contributed by atoms with Gasteiger partial charge in [0.2, 0.25) is 0 Å². The summed E-state index contributed by atoms with van der Waals surface area (Å²) in [5.41, 5.74) is 12.3. The summed E-state index contributed by atoms with van der Waals surface area (Å²) < 4.78 is 18.2. The molecular formula is C30H35NO4. The quantitative estimate of drug-likeness (QED) is 0.395. The summed E-state index contributed by atoms with van der Waals surface area (Å²) in [6.07, 6.45) is 5.68. The van der Waals surface area contributed by atoms with E-state index in [1.54, 1.807) is 14.0 Å². The third-order valence-electron chi connectivity index (χ3n) is 6.89. The monoisotopic (exact) mass is 473 g/mol. The molecule has 2 aromatic carbocycles. The highest BCUT2D eigenvalue weighted by molar-refractivity contribution is 5.89. The van der Waals surface area contributed by atoms with E-state index in [9.17, 15) is 4.79 Å². The van der Waals surface area contributed by atoms with Gasteiger partial charge in [-0.1, -0.05) is 30.3 Å². The van der Waals surface area contributed by atoms with Gasteiger partial charge in [-0.15, -0.1) is 0 Å². The minimum Gasteiger partial charge on any atom is -0.493 e. The number of ether oxygens (including phenoxy) is 3. The molecule has 2 aliphatic rings. The molecule has 0 saturated heterocycles. The molecule has 0 radical (unpaired) electrons. The van der Waals surface area contributed by atoms with Crippen LogP contribution in [0.2, 0.25) is 0 Å². The van der Waals surface area contributed by atoms with Crippen molar-refractivity contribution in [1.29, 1.82) is 0 Å². The Hall–Kier alpha value is -3.47. The summed E-state index contributed by atoms with van der Waals surface area (Å²) in [4.78, 5) is 9.18. The van der Waals surface area contributed by atoms with Gasteiger partial charge in [0.05, 0.1) is 26.0 Å². The van der Waals surface area contributed by atoms with Crippen LogP contribution >= 0.6 is 0 Å². The van der Waals surface area contributed by atoms with Crippen LogP contribution in [0.5, 0.6) is 11.5 Å². The molecule has 2 heterocycles. The molecule has 3 aromatic rings. The lowest BCUT2D eigenvalue weighted by atomic mass is 9.85. The zero-order chi connectivity index (χ0) is 24.9. The van der Waals surface area contributed by atoms with Gasteiger partial charge in [-0.05, 0) is 86.9 Å². The molecule has 0 bridgehead atoms. The maximum Gasteiger partial charge on any atom is 0.293 e. The van der Waals surface area contributed by atoms with E-state index in [4.69, 9.17) is 9.47 Å². The summed E-state index contributed by atoms with van der Waals surface area (Å²) in [6.45, 7) is 10.9. The van der Waals surface area contributed by atoms with Gasteiger partial charge in [0.1, 0.15) is 0 Å². The van der Waals surface area contributed by atoms with Crippen LogP contribution in [-0.2, 0) is 28.9 Å². The van der Waals surface area contributed by atoms with Crippen molar-refractivity contribution >= 4 is 12.0 Å². The summed E-state index contributed by atoms with van der Waals surface area (Å²) in [5, 5.41) is 0. The minimum absolute atomic E-state index is 0.431. The number of fused-ring (bicyclic) bond motifs is 4. The van der Waals surface area contributed by atoms with E-state index in [1.807, 2.05) is 6.92 Å². The van der Waals surface area contributed by atoms with Crippen LogP contribution in [0.3, 0.4) is 0 Å². The third-order valence-corrected chi connectivity index (χ3v) is 6.89. The van der Waals surface area contributed by atoms with Gasteiger partial charge in [-0.2, -0.15) is 0 Å². The minimum atomic E-state index is 0.431. The van der Waals surface area contributed by atoms with Crippen molar-refractivity contribution in [3.8, 4) is 22.8 Å². The first-order valence-electron chi connectivity index (χ1n) is 12.4. The van der Waals surface area contributed by atoms with Gasteiger partial charge >= 0.3 is 0 Å². The molecule has 5 nitrogen and oxygen atoms in total. The van der Waals surface area contributed by atoms with Crippen LogP contribution in [0.4, 0.5) is 0 Å². The maximum atomic E-state index is 9.18.